The molecule has 0 radical (unpaired) electrons. The number of pyridine rings is 1. The summed E-state index contributed by atoms with van der Waals surface area (Å²) in [4.78, 5) is 16.4. The summed E-state index contributed by atoms with van der Waals surface area (Å²) in [5, 5.41) is 5.82. The van der Waals surface area contributed by atoms with E-state index in [1.807, 2.05) is 29.6 Å². The van der Waals surface area contributed by atoms with E-state index < -0.39 is 0 Å². The molecule has 2 aromatic rings. The van der Waals surface area contributed by atoms with E-state index in [0.29, 0.717) is 6.42 Å². The number of hydrogen-bond donors (Lipinski definition) is 1. The number of amides is 1. The van der Waals surface area contributed by atoms with Crippen molar-refractivity contribution in [2.24, 2.45) is 5.10 Å². The number of nitrogens with zero attached hydrogens (tertiary/aromatic N) is 2. The van der Waals surface area contributed by atoms with E-state index >= 15 is 0 Å². The first-order valence-electron chi connectivity index (χ1n) is 5.09. The van der Waals surface area contributed by atoms with Gasteiger partial charge < -0.3 is 0 Å². The lowest BCUT2D eigenvalue weighted by molar-refractivity contribution is -0.120. The van der Waals surface area contributed by atoms with Gasteiger partial charge in [0, 0.05) is 17.3 Å². The van der Waals surface area contributed by atoms with E-state index in [4.69, 9.17) is 0 Å². The van der Waals surface area contributed by atoms with Crippen molar-refractivity contribution >= 4 is 23.5 Å². The summed E-state index contributed by atoms with van der Waals surface area (Å²) < 4.78 is 0. The van der Waals surface area contributed by atoms with Crippen LogP contribution >= 0.6 is 11.3 Å². The van der Waals surface area contributed by atoms with Crippen LogP contribution in [-0.2, 0) is 11.2 Å². The Bertz CT molecular complexity index is 494. The smallest absolute Gasteiger partial charge is 0.245 e. The van der Waals surface area contributed by atoms with Crippen LogP contribution in [0.5, 0.6) is 0 Å². The van der Waals surface area contributed by atoms with Crippen LogP contribution < -0.4 is 5.43 Å². The van der Waals surface area contributed by atoms with Gasteiger partial charge in [0.05, 0.1) is 12.6 Å². The molecule has 2 aromatic heterocycles. The lowest BCUT2D eigenvalue weighted by atomic mass is 10.3. The molecule has 4 nitrogen and oxygen atoms in total. The molecule has 0 aliphatic heterocycles. The lowest BCUT2D eigenvalue weighted by Crippen LogP contribution is -2.19. The molecule has 0 atom stereocenters. The van der Waals surface area contributed by atoms with Crippen LogP contribution in [0.1, 0.15) is 10.4 Å². The second kappa shape index (κ2) is 5.91. The molecule has 0 fully saturated rings. The van der Waals surface area contributed by atoms with Gasteiger partial charge in [-0.3, -0.25) is 9.78 Å². The minimum Gasteiger partial charge on any atom is -0.273 e. The highest BCUT2D eigenvalue weighted by atomic mass is 32.1. The Morgan fingerprint density at radius 2 is 2.24 bits per heavy atom. The lowest BCUT2D eigenvalue weighted by Gasteiger charge is -1.96. The van der Waals surface area contributed by atoms with E-state index in [2.05, 4.69) is 15.5 Å². The van der Waals surface area contributed by atoms with Crippen molar-refractivity contribution in [3.8, 4) is 0 Å². The number of thiophene rings is 1. The summed E-state index contributed by atoms with van der Waals surface area (Å²) in [6, 6.07) is 7.48. The summed E-state index contributed by atoms with van der Waals surface area (Å²) in [6.45, 7) is 0. The zero-order chi connectivity index (χ0) is 11.9. The van der Waals surface area contributed by atoms with E-state index in [1.54, 1.807) is 29.9 Å². The summed E-state index contributed by atoms with van der Waals surface area (Å²) in [5.74, 6) is -0.113. The van der Waals surface area contributed by atoms with Crippen LogP contribution in [0.15, 0.2) is 47.1 Å². The maximum Gasteiger partial charge on any atom is 0.245 e. The van der Waals surface area contributed by atoms with Gasteiger partial charge in [-0.05, 0) is 29.1 Å². The summed E-state index contributed by atoms with van der Waals surface area (Å²) in [7, 11) is 0. The third kappa shape index (κ3) is 3.81. The summed E-state index contributed by atoms with van der Waals surface area (Å²) in [5.41, 5.74) is 3.39. The molecule has 0 aromatic carbocycles. The fourth-order valence-corrected chi connectivity index (χ4v) is 1.94. The molecule has 0 saturated heterocycles. The summed E-state index contributed by atoms with van der Waals surface area (Å²) >= 11 is 1.56. The van der Waals surface area contributed by atoms with Crippen LogP contribution in [0, 0.1) is 0 Å². The fourth-order valence-electron chi connectivity index (χ4n) is 1.24. The van der Waals surface area contributed by atoms with Crippen molar-refractivity contribution in [2.45, 2.75) is 6.42 Å². The Labute approximate surface area is 103 Å². The first kappa shape index (κ1) is 11.5. The van der Waals surface area contributed by atoms with Gasteiger partial charge in [-0.1, -0.05) is 6.07 Å². The van der Waals surface area contributed by atoms with Crippen molar-refractivity contribution in [1.82, 2.24) is 10.4 Å². The molecule has 0 aliphatic carbocycles. The second-order valence-electron chi connectivity index (χ2n) is 3.33. The van der Waals surface area contributed by atoms with Crippen LogP contribution in [0.3, 0.4) is 0 Å². The SMILES string of the molecule is O=C(Cc1cccs1)N/N=C/c1ccncc1. The van der Waals surface area contributed by atoms with Crippen molar-refractivity contribution in [3.05, 3.63) is 52.5 Å². The number of hydrogen-bond acceptors (Lipinski definition) is 4. The van der Waals surface area contributed by atoms with Crippen LogP contribution in [-0.4, -0.2) is 17.1 Å². The Kier molecular flexibility index (Phi) is 3.99. The molecule has 2 rings (SSSR count). The van der Waals surface area contributed by atoms with Crippen molar-refractivity contribution in [2.75, 3.05) is 0 Å². The first-order chi connectivity index (χ1) is 8.34. The van der Waals surface area contributed by atoms with Gasteiger partial charge in [0.25, 0.3) is 0 Å². The number of rotatable bonds is 4. The zero-order valence-corrected chi connectivity index (χ0v) is 9.85. The van der Waals surface area contributed by atoms with Crippen LogP contribution in [0.2, 0.25) is 0 Å². The zero-order valence-electron chi connectivity index (χ0n) is 9.04. The minimum absolute atomic E-state index is 0.113. The van der Waals surface area contributed by atoms with E-state index in [1.165, 1.54) is 0 Å². The average molecular weight is 245 g/mol. The molecule has 0 spiro atoms. The van der Waals surface area contributed by atoms with Gasteiger partial charge >= 0.3 is 0 Å². The van der Waals surface area contributed by atoms with E-state index in [0.717, 1.165) is 10.4 Å². The molecule has 0 saturated carbocycles. The first-order valence-corrected chi connectivity index (χ1v) is 5.97. The molecular formula is C12H11N3OS. The predicted molar refractivity (Wildman–Crippen MR) is 68.0 cm³/mol. The standard InChI is InChI=1S/C12H11N3OS/c16-12(8-11-2-1-7-17-11)15-14-9-10-3-5-13-6-4-10/h1-7,9H,8H2,(H,15,16)/b14-9+. The van der Waals surface area contributed by atoms with Gasteiger partial charge in [-0.25, -0.2) is 5.43 Å². The molecule has 17 heavy (non-hydrogen) atoms. The molecule has 1 amide bonds. The molecule has 1 N–H and O–H groups in total. The Balaban J connectivity index is 1.82. The highest BCUT2D eigenvalue weighted by molar-refractivity contribution is 7.10. The quantitative estimate of drug-likeness (QED) is 0.660. The van der Waals surface area contributed by atoms with Gasteiger partial charge in [-0.2, -0.15) is 5.10 Å². The Morgan fingerprint density at radius 3 is 2.94 bits per heavy atom. The van der Waals surface area contributed by atoms with Gasteiger partial charge in [-0.15, -0.1) is 11.3 Å². The van der Waals surface area contributed by atoms with Gasteiger partial charge in [0.2, 0.25) is 5.91 Å². The topological polar surface area (TPSA) is 54.4 Å². The van der Waals surface area contributed by atoms with Crippen molar-refractivity contribution < 1.29 is 4.79 Å². The fraction of sp³-hybridized carbons (Fsp3) is 0.0833. The Hall–Kier alpha value is -2.01. The van der Waals surface area contributed by atoms with E-state index in [-0.39, 0.29) is 5.91 Å². The number of carbonyl (C=O) groups is 1. The molecule has 5 heteroatoms. The number of carbonyl (C=O) groups excluding carboxylic acids is 1. The number of aromatic nitrogens is 1. The summed E-state index contributed by atoms with van der Waals surface area (Å²) in [6.07, 6.45) is 5.31. The Morgan fingerprint density at radius 1 is 1.41 bits per heavy atom. The van der Waals surface area contributed by atoms with Gasteiger partial charge in [0.15, 0.2) is 0 Å². The van der Waals surface area contributed by atoms with Crippen molar-refractivity contribution in [1.29, 1.82) is 0 Å². The monoisotopic (exact) mass is 245 g/mol. The van der Waals surface area contributed by atoms with E-state index in [9.17, 15) is 4.79 Å². The highest BCUT2D eigenvalue weighted by Gasteiger charge is 2.01. The van der Waals surface area contributed by atoms with Crippen LogP contribution in [0.4, 0.5) is 0 Å². The number of hydrazone groups is 1. The third-order valence-electron chi connectivity index (χ3n) is 2.02. The highest BCUT2D eigenvalue weighted by Crippen LogP contribution is 2.08. The largest absolute Gasteiger partial charge is 0.273 e. The molecule has 86 valence electrons. The van der Waals surface area contributed by atoms with Gasteiger partial charge in [0.1, 0.15) is 0 Å². The van der Waals surface area contributed by atoms with Crippen molar-refractivity contribution in [3.63, 3.8) is 0 Å². The molecule has 2 heterocycles. The maximum absolute atomic E-state index is 11.5. The molecule has 0 aliphatic rings. The minimum atomic E-state index is -0.113. The third-order valence-corrected chi connectivity index (χ3v) is 2.90. The number of nitrogens with one attached hydrogen (secondary N) is 1. The van der Waals surface area contributed by atoms with Crippen LogP contribution in [0.25, 0.3) is 0 Å². The maximum atomic E-state index is 11.5. The second-order valence-corrected chi connectivity index (χ2v) is 4.36. The molecule has 0 unspecified atom stereocenters. The molecule has 0 bridgehead atoms. The predicted octanol–water partition coefficient (Wildman–Crippen LogP) is 1.84. The molecular weight excluding hydrogens is 234 g/mol. The normalized spacial score (nSPS) is 10.6. The average Bonchev–Trinajstić information content (AvgIpc) is 2.83.